The number of hydrogen-bond donors (Lipinski definition) is 2. The first-order valence-electron chi connectivity index (χ1n) is 6.12. The number of carbonyl (C=O) groups is 1. The van der Waals surface area contributed by atoms with Gasteiger partial charge in [0, 0.05) is 17.8 Å². The molecule has 1 aromatic heterocycles. The summed E-state index contributed by atoms with van der Waals surface area (Å²) in [6.45, 7) is 3.82. The zero-order valence-electron chi connectivity index (χ0n) is 11.2. The highest BCUT2D eigenvalue weighted by Crippen LogP contribution is 2.16. The SMILES string of the molecule is CNC(C)c1ccc(NC(=O)c2cc(C)on2)cc1. The molecule has 0 bridgehead atoms. The van der Waals surface area contributed by atoms with E-state index in [2.05, 4.69) is 22.7 Å². The maximum atomic E-state index is 11.9. The molecule has 2 aromatic rings. The van der Waals surface area contributed by atoms with Crippen LogP contribution in [0.2, 0.25) is 0 Å². The topological polar surface area (TPSA) is 67.2 Å². The van der Waals surface area contributed by atoms with Crippen LogP contribution >= 0.6 is 0 Å². The highest BCUT2D eigenvalue weighted by molar-refractivity contribution is 6.02. The second kappa shape index (κ2) is 5.67. The van der Waals surface area contributed by atoms with Gasteiger partial charge in [-0.3, -0.25) is 4.79 Å². The summed E-state index contributed by atoms with van der Waals surface area (Å²) in [4.78, 5) is 11.9. The lowest BCUT2D eigenvalue weighted by atomic mass is 10.1. The average Bonchev–Trinajstić information content (AvgIpc) is 2.85. The molecule has 1 atom stereocenters. The van der Waals surface area contributed by atoms with Crippen molar-refractivity contribution in [2.45, 2.75) is 19.9 Å². The van der Waals surface area contributed by atoms with Gasteiger partial charge in [0.25, 0.3) is 5.91 Å². The maximum absolute atomic E-state index is 11.9. The first-order valence-corrected chi connectivity index (χ1v) is 6.12. The molecule has 1 unspecified atom stereocenters. The van der Waals surface area contributed by atoms with Gasteiger partial charge in [0.2, 0.25) is 0 Å². The molecule has 5 heteroatoms. The van der Waals surface area contributed by atoms with Crippen molar-refractivity contribution in [2.24, 2.45) is 0 Å². The molecule has 1 aromatic carbocycles. The van der Waals surface area contributed by atoms with Gasteiger partial charge in [0.15, 0.2) is 5.69 Å². The summed E-state index contributed by atoms with van der Waals surface area (Å²) in [5.74, 6) is 0.342. The van der Waals surface area contributed by atoms with E-state index in [1.165, 1.54) is 0 Å². The van der Waals surface area contributed by atoms with Gasteiger partial charge >= 0.3 is 0 Å². The zero-order valence-corrected chi connectivity index (χ0v) is 11.2. The predicted octanol–water partition coefficient (Wildman–Crippen LogP) is 2.52. The molecular formula is C14H17N3O2. The van der Waals surface area contributed by atoms with Crippen molar-refractivity contribution >= 4 is 11.6 Å². The molecule has 0 saturated heterocycles. The Kier molecular flexibility index (Phi) is 3.97. The number of carbonyl (C=O) groups excluding carboxylic acids is 1. The molecule has 0 aliphatic carbocycles. The van der Waals surface area contributed by atoms with Gasteiger partial charge in [-0.25, -0.2) is 0 Å². The molecule has 0 fully saturated rings. The molecule has 0 spiro atoms. The smallest absolute Gasteiger partial charge is 0.277 e. The predicted molar refractivity (Wildman–Crippen MR) is 73.1 cm³/mol. The first kappa shape index (κ1) is 13.3. The van der Waals surface area contributed by atoms with E-state index in [4.69, 9.17) is 4.52 Å². The number of rotatable bonds is 4. The van der Waals surface area contributed by atoms with Gasteiger partial charge in [0.05, 0.1) is 0 Å². The van der Waals surface area contributed by atoms with Crippen molar-refractivity contribution in [1.82, 2.24) is 10.5 Å². The Morgan fingerprint density at radius 2 is 2.00 bits per heavy atom. The molecule has 0 saturated carbocycles. The van der Waals surface area contributed by atoms with E-state index < -0.39 is 0 Å². The fraction of sp³-hybridized carbons (Fsp3) is 0.286. The third-order valence-corrected chi connectivity index (χ3v) is 2.96. The van der Waals surface area contributed by atoms with Gasteiger partial charge < -0.3 is 15.2 Å². The molecule has 1 heterocycles. The molecule has 5 nitrogen and oxygen atoms in total. The summed E-state index contributed by atoms with van der Waals surface area (Å²) in [6, 6.07) is 9.58. The lowest BCUT2D eigenvalue weighted by Gasteiger charge is -2.11. The standard InChI is InChI=1S/C14H17N3O2/c1-9-8-13(17-19-9)14(18)16-12-6-4-11(5-7-12)10(2)15-3/h4-8,10,15H,1-3H3,(H,16,18). The Labute approximate surface area is 112 Å². The number of amides is 1. The van der Waals surface area contributed by atoms with Crippen molar-refractivity contribution in [2.75, 3.05) is 12.4 Å². The van der Waals surface area contributed by atoms with Crippen LogP contribution in [0.15, 0.2) is 34.9 Å². The number of aryl methyl sites for hydroxylation is 1. The van der Waals surface area contributed by atoms with Crippen LogP contribution in [0.3, 0.4) is 0 Å². The van der Waals surface area contributed by atoms with Crippen molar-refractivity contribution in [1.29, 1.82) is 0 Å². The quantitative estimate of drug-likeness (QED) is 0.885. The van der Waals surface area contributed by atoms with Crippen LogP contribution in [-0.2, 0) is 0 Å². The Hall–Kier alpha value is -2.14. The van der Waals surface area contributed by atoms with Crippen LogP contribution in [-0.4, -0.2) is 18.1 Å². The van der Waals surface area contributed by atoms with E-state index in [9.17, 15) is 4.79 Å². The van der Waals surface area contributed by atoms with E-state index in [1.54, 1.807) is 13.0 Å². The minimum absolute atomic E-state index is 0.272. The number of benzene rings is 1. The minimum Gasteiger partial charge on any atom is -0.361 e. The fourth-order valence-electron chi connectivity index (χ4n) is 1.69. The summed E-state index contributed by atoms with van der Waals surface area (Å²) in [5.41, 5.74) is 2.18. The van der Waals surface area contributed by atoms with E-state index in [-0.39, 0.29) is 17.6 Å². The highest BCUT2D eigenvalue weighted by atomic mass is 16.5. The monoisotopic (exact) mass is 259 g/mol. The van der Waals surface area contributed by atoms with Crippen LogP contribution in [0.4, 0.5) is 5.69 Å². The molecule has 2 rings (SSSR count). The number of hydrogen-bond acceptors (Lipinski definition) is 4. The van der Waals surface area contributed by atoms with Crippen LogP contribution in [0, 0.1) is 6.92 Å². The van der Waals surface area contributed by atoms with Gasteiger partial charge in [-0.15, -0.1) is 0 Å². The van der Waals surface area contributed by atoms with Crippen LogP contribution in [0.25, 0.3) is 0 Å². The van der Waals surface area contributed by atoms with Crippen LogP contribution in [0.1, 0.15) is 34.8 Å². The van der Waals surface area contributed by atoms with Crippen molar-refractivity contribution in [3.05, 3.63) is 47.3 Å². The first-order chi connectivity index (χ1) is 9.10. The molecule has 0 aliphatic rings. The third-order valence-electron chi connectivity index (χ3n) is 2.96. The van der Waals surface area contributed by atoms with Crippen LogP contribution in [0.5, 0.6) is 0 Å². The Morgan fingerprint density at radius 3 is 2.53 bits per heavy atom. The van der Waals surface area contributed by atoms with E-state index in [1.807, 2.05) is 31.3 Å². The van der Waals surface area contributed by atoms with E-state index in [0.29, 0.717) is 5.76 Å². The summed E-state index contributed by atoms with van der Waals surface area (Å²) >= 11 is 0. The van der Waals surface area contributed by atoms with Gasteiger partial charge in [-0.2, -0.15) is 0 Å². The van der Waals surface area contributed by atoms with Gasteiger partial charge in [-0.05, 0) is 38.6 Å². The molecule has 0 radical (unpaired) electrons. The highest BCUT2D eigenvalue weighted by Gasteiger charge is 2.11. The van der Waals surface area contributed by atoms with Crippen molar-refractivity contribution in [3.8, 4) is 0 Å². The second-order valence-electron chi connectivity index (χ2n) is 4.41. The lowest BCUT2D eigenvalue weighted by Crippen LogP contribution is -2.14. The Bertz CT molecular complexity index is 560. The second-order valence-corrected chi connectivity index (χ2v) is 4.41. The van der Waals surface area contributed by atoms with Crippen molar-refractivity contribution < 1.29 is 9.32 Å². The summed E-state index contributed by atoms with van der Waals surface area (Å²) in [5, 5.41) is 9.61. The van der Waals surface area contributed by atoms with Gasteiger partial charge in [0.1, 0.15) is 5.76 Å². The van der Waals surface area contributed by atoms with Crippen molar-refractivity contribution in [3.63, 3.8) is 0 Å². The Balaban J connectivity index is 2.05. The lowest BCUT2D eigenvalue weighted by molar-refractivity contribution is 0.101. The average molecular weight is 259 g/mol. The molecule has 2 N–H and O–H groups in total. The molecule has 0 aliphatic heterocycles. The zero-order chi connectivity index (χ0) is 13.8. The molecular weight excluding hydrogens is 242 g/mol. The number of nitrogens with one attached hydrogen (secondary N) is 2. The van der Waals surface area contributed by atoms with Gasteiger partial charge in [-0.1, -0.05) is 17.3 Å². The molecule has 100 valence electrons. The fourth-order valence-corrected chi connectivity index (χ4v) is 1.69. The summed E-state index contributed by atoms with van der Waals surface area (Å²) in [6.07, 6.45) is 0. The summed E-state index contributed by atoms with van der Waals surface area (Å²) in [7, 11) is 1.91. The molecule has 1 amide bonds. The number of aromatic nitrogens is 1. The molecule has 19 heavy (non-hydrogen) atoms. The summed E-state index contributed by atoms with van der Waals surface area (Å²) < 4.78 is 4.87. The van der Waals surface area contributed by atoms with E-state index in [0.717, 1.165) is 11.3 Å². The van der Waals surface area contributed by atoms with Crippen LogP contribution < -0.4 is 10.6 Å². The normalized spacial score (nSPS) is 12.2. The third kappa shape index (κ3) is 3.20. The Morgan fingerprint density at radius 1 is 1.32 bits per heavy atom. The van der Waals surface area contributed by atoms with E-state index >= 15 is 0 Å². The maximum Gasteiger partial charge on any atom is 0.277 e. The number of nitrogens with zero attached hydrogens (tertiary/aromatic N) is 1. The number of anilines is 1. The largest absolute Gasteiger partial charge is 0.361 e. The minimum atomic E-state index is -0.272.